The molecule has 0 spiro atoms. The molecule has 0 bridgehead atoms. The predicted molar refractivity (Wildman–Crippen MR) is 93.8 cm³/mol. The molecule has 0 aliphatic carbocycles. The van der Waals surface area contributed by atoms with Crippen LogP contribution in [0.3, 0.4) is 0 Å². The normalized spacial score (nSPS) is 16.5. The Bertz CT molecular complexity index is 826. The van der Waals surface area contributed by atoms with E-state index in [2.05, 4.69) is 10.6 Å². The fourth-order valence-corrected chi connectivity index (χ4v) is 2.79. The Balaban J connectivity index is 1.55. The van der Waals surface area contributed by atoms with Crippen LogP contribution in [0.1, 0.15) is 12.0 Å². The third-order valence-corrected chi connectivity index (χ3v) is 4.08. The molecule has 0 saturated carbocycles. The van der Waals surface area contributed by atoms with Crippen molar-refractivity contribution >= 4 is 23.5 Å². The number of urea groups is 1. The van der Waals surface area contributed by atoms with Gasteiger partial charge in [0.25, 0.3) is 5.91 Å². The number of rotatable bonds is 6. The Labute approximate surface area is 150 Å². The van der Waals surface area contributed by atoms with Crippen molar-refractivity contribution in [3.63, 3.8) is 0 Å². The summed E-state index contributed by atoms with van der Waals surface area (Å²) in [5.74, 6) is -1.48. The van der Waals surface area contributed by atoms with Crippen molar-refractivity contribution in [2.75, 3.05) is 11.9 Å². The van der Waals surface area contributed by atoms with E-state index in [1.807, 2.05) is 30.3 Å². The zero-order valence-corrected chi connectivity index (χ0v) is 13.9. The maximum absolute atomic E-state index is 13.1. The Morgan fingerprint density at radius 1 is 1.12 bits per heavy atom. The zero-order valence-electron chi connectivity index (χ0n) is 13.9. The van der Waals surface area contributed by atoms with E-state index in [9.17, 15) is 18.8 Å². The minimum atomic E-state index is -0.648. The summed E-state index contributed by atoms with van der Waals surface area (Å²) in [4.78, 5) is 37.3. The molecule has 1 saturated heterocycles. The lowest BCUT2D eigenvalue weighted by atomic mass is 10.1. The molecular formula is C19H18FN3O3. The zero-order chi connectivity index (χ0) is 18.5. The van der Waals surface area contributed by atoms with Crippen LogP contribution in [0.5, 0.6) is 0 Å². The Morgan fingerprint density at radius 3 is 2.62 bits per heavy atom. The highest BCUT2D eigenvalue weighted by Crippen LogP contribution is 2.14. The third kappa shape index (κ3) is 4.24. The van der Waals surface area contributed by atoms with E-state index in [4.69, 9.17) is 0 Å². The quantitative estimate of drug-likeness (QED) is 0.781. The molecule has 0 radical (unpaired) electrons. The second-order valence-electron chi connectivity index (χ2n) is 6.01. The molecule has 1 heterocycles. The van der Waals surface area contributed by atoms with Crippen molar-refractivity contribution in [3.05, 3.63) is 66.0 Å². The van der Waals surface area contributed by atoms with Gasteiger partial charge in [0, 0.05) is 5.69 Å². The van der Waals surface area contributed by atoms with Gasteiger partial charge < -0.3 is 10.6 Å². The number of nitrogens with zero attached hydrogens (tertiary/aromatic N) is 1. The number of carbonyl (C=O) groups is 3. The van der Waals surface area contributed by atoms with E-state index in [-0.39, 0.29) is 5.69 Å². The van der Waals surface area contributed by atoms with E-state index < -0.39 is 36.2 Å². The van der Waals surface area contributed by atoms with Gasteiger partial charge in [0.2, 0.25) is 5.91 Å². The van der Waals surface area contributed by atoms with Gasteiger partial charge in [0.1, 0.15) is 18.4 Å². The summed E-state index contributed by atoms with van der Waals surface area (Å²) in [6.45, 7) is -0.414. The van der Waals surface area contributed by atoms with Gasteiger partial charge in [-0.15, -0.1) is 0 Å². The van der Waals surface area contributed by atoms with Gasteiger partial charge in [0.15, 0.2) is 0 Å². The number of hydrogen-bond donors (Lipinski definition) is 2. The van der Waals surface area contributed by atoms with Gasteiger partial charge >= 0.3 is 6.03 Å². The largest absolute Gasteiger partial charge is 0.326 e. The molecule has 0 unspecified atom stereocenters. The molecule has 6 nitrogen and oxygen atoms in total. The summed E-state index contributed by atoms with van der Waals surface area (Å²) in [5, 5.41) is 5.07. The number of imide groups is 1. The molecule has 26 heavy (non-hydrogen) atoms. The van der Waals surface area contributed by atoms with Crippen LogP contribution in [0.2, 0.25) is 0 Å². The lowest BCUT2D eigenvalue weighted by Gasteiger charge is -2.13. The van der Waals surface area contributed by atoms with Crippen LogP contribution in [0, 0.1) is 5.82 Å². The first-order valence-electron chi connectivity index (χ1n) is 8.24. The van der Waals surface area contributed by atoms with Gasteiger partial charge in [-0.25, -0.2) is 9.18 Å². The molecule has 1 fully saturated rings. The average Bonchev–Trinajstić information content (AvgIpc) is 2.88. The number of hydrogen-bond acceptors (Lipinski definition) is 3. The number of carbonyl (C=O) groups excluding carboxylic acids is 3. The van der Waals surface area contributed by atoms with Crippen LogP contribution >= 0.6 is 0 Å². The molecule has 3 rings (SSSR count). The number of nitrogens with one attached hydrogen (secondary N) is 2. The van der Waals surface area contributed by atoms with E-state index in [1.54, 1.807) is 0 Å². The van der Waals surface area contributed by atoms with E-state index in [0.717, 1.165) is 16.5 Å². The number of aryl methyl sites for hydroxylation is 1. The van der Waals surface area contributed by atoms with E-state index >= 15 is 0 Å². The molecule has 1 aliphatic rings. The van der Waals surface area contributed by atoms with Crippen LogP contribution in [-0.4, -0.2) is 35.3 Å². The van der Waals surface area contributed by atoms with Crippen molar-refractivity contribution in [2.24, 2.45) is 0 Å². The number of anilines is 1. The molecule has 4 amide bonds. The highest BCUT2D eigenvalue weighted by atomic mass is 19.1. The van der Waals surface area contributed by atoms with Crippen LogP contribution in [-0.2, 0) is 16.0 Å². The van der Waals surface area contributed by atoms with E-state index in [0.29, 0.717) is 12.8 Å². The predicted octanol–water partition coefficient (Wildman–Crippen LogP) is 2.32. The lowest BCUT2D eigenvalue weighted by Crippen LogP contribution is -2.38. The van der Waals surface area contributed by atoms with Crippen molar-refractivity contribution < 1.29 is 18.8 Å². The topological polar surface area (TPSA) is 78.5 Å². The number of halogens is 1. The molecule has 0 aromatic heterocycles. The third-order valence-electron chi connectivity index (χ3n) is 4.08. The molecule has 2 aromatic rings. The summed E-state index contributed by atoms with van der Waals surface area (Å²) in [5.41, 5.74) is 1.33. The Morgan fingerprint density at radius 2 is 1.88 bits per heavy atom. The molecule has 1 atom stereocenters. The monoisotopic (exact) mass is 355 g/mol. The first-order valence-corrected chi connectivity index (χ1v) is 8.24. The fraction of sp³-hybridized carbons (Fsp3) is 0.211. The summed E-state index contributed by atoms with van der Waals surface area (Å²) in [6.07, 6.45) is 1.09. The van der Waals surface area contributed by atoms with Crippen LogP contribution in [0.15, 0.2) is 54.6 Å². The Hall–Kier alpha value is -3.22. The van der Waals surface area contributed by atoms with E-state index in [1.165, 1.54) is 18.2 Å². The van der Waals surface area contributed by atoms with Crippen molar-refractivity contribution in [3.8, 4) is 0 Å². The number of amides is 4. The summed E-state index contributed by atoms with van der Waals surface area (Å²) < 4.78 is 13.1. The number of benzene rings is 2. The highest BCUT2D eigenvalue weighted by Gasteiger charge is 2.38. The second-order valence-corrected chi connectivity index (χ2v) is 6.01. The summed E-state index contributed by atoms with van der Waals surface area (Å²) >= 11 is 0. The maximum Gasteiger partial charge on any atom is 0.325 e. The first-order chi connectivity index (χ1) is 12.5. The standard InChI is InChI=1S/C19H18FN3O3/c20-14-7-4-8-15(11-14)21-17(24)12-23-18(25)16(22-19(23)26)10-9-13-5-2-1-3-6-13/h1-8,11,16H,9-10,12H2,(H,21,24)(H,22,26)/t16-/m0/s1. The van der Waals surface area contributed by atoms with Crippen molar-refractivity contribution in [2.45, 2.75) is 18.9 Å². The molecular weight excluding hydrogens is 337 g/mol. The fourth-order valence-electron chi connectivity index (χ4n) is 2.79. The van der Waals surface area contributed by atoms with Crippen LogP contribution < -0.4 is 10.6 Å². The first kappa shape index (κ1) is 17.6. The van der Waals surface area contributed by atoms with Gasteiger partial charge in [-0.2, -0.15) is 0 Å². The second kappa shape index (κ2) is 7.77. The van der Waals surface area contributed by atoms with Gasteiger partial charge in [-0.05, 0) is 36.6 Å². The van der Waals surface area contributed by atoms with Crippen molar-refractivity contribution in [1.82, 2.24) is 10.2 Å². The minimum absolute atomic E-state index is 0.266. The van der Waals surface area contributed by atoms with Crippen LogP contribution in [0.25, 0.3) is 0 Å². The van der Waals surface area contributed by atoms with Gasteiger partial charge in [-0.1, -0.05) is 36.4 Å². The molecule has 1 aliphatic heterocycles. The van der Waals surface area contributed by atoms with Crippen LogP contribution in [0.4, 0.5) is 14.9 Å². The molecule has 2 N–H and O–H groups in total. The summed E-state index contributed by atoms with van der Waals surface area (Å²) in [6, 6.07) is 13.8. The average molecular weight is 355 g/mol. The Kier molecular flexibility index (Phi) is 5.26. The smallest absolute Gasteiger partial charge is 0.325 e. The molecule has 134 valence electrons. The molecule has 7 heteroatoms. The summed E-state index contributed by atoms with van der Waals surface area (Å²) in [7, 11) is 0. The maximum atomic E-state index is 13.1. The van der Waals surface area contributed by atoms with Gasteiger partial charge in [0.05, 0.1) is 0 Å². The molecule has 2 aromatic carbocycles. The van der Waals surface area contributed by atoms with Crippen molar-refractivity contribution in [1.29, 1.82) is 0 Å². The van der Waals surface area contributed by atoms with Gasteiger partial charge in [-0.3, -0.25) is 14.5 Å². The lowest BCUT2D eigenvalue weighted by molar-refractivity contribution is -0.130. The SMILES string of the molecule is O=C(CN1C(=O)N[C@@H](CCc2ccccc2)C1=O)Nc1cccc(F)c1. The highest BCUT2D eigenvalue weighted by molar-refractivity contribution is 6.07. The minimum Gasteiger partial charge on any atom is -0.326 e.